The summed E-state index contributed by atoms with van der Waals surface area (Å²) in [6, 6.07) is 4.64. The van der Waals surface area contributed by atoms with Gasteiger partial charge in [-0.1, -0.05) is 27.5 Å². The van der Waals surface area contributed by atoms with Crippen LogP contribution in [0, 0.1) is 5.82 Å². The van der Waals surface area contributed by atoms with Crippen molar-refractivity contribution in [3.63, 3.8) is 0 Å². The predicted molar refractivity (Wildman–Crippen MR) is 54.4 cm³/mol. The van der Waals surface area contributed by atoms with Crippen molar-refractivity contribution in [1.29, 1.82) is 0 Å². The van der Waals surface area contributed by atoms with Crippen LogP contribution in [0.25, 0.3) is 10.9 Å². The maximum Gasteiger partial charge on any atom is 0.142 e. The van der Waals surface area contributed by atoms with Crippen LogP contribution in [0.3, 0.4) is 0 Å². The Bertz CT molecular complexity index is 472. The maximum absolute atomic E-state index is 13.0. The van der Waals surface area contributed by atoms with Gasteiger partial charge < -0.3 is 0 Å². The molecular weight excluding hydrogens is 256 g/mol. The van der Waals surface area contributed by atoms with Gasteiger partial charge in [0.1, 0.15) is 5.82 Å². The van der Waals surface area contributed by atoms with Crippen molar-refractivity contribution in [2.24, 2.45) is 0 Å². The number of hydrogen-bond donors (Lipinski definition) is 0. The number of hydrogen-bond acceptors (Lipinski definition) is 1. The topological polar surface area (TPSA) is 12.9 Å². The van der Waals surface area contributed by atoms with Crippen LogP contribution in [0.1, 0.15) is 0 Å². The van der Waals surface area contributed by atoms with Crippen molar-refractivity contribution < 1.29 is 4.39 Å². The smallest absolute Gasteiger partial charge is 0.142 e. The van der Waals surface area contributed by atoms with Crippen molar-refractivity contribution in [2.45, 2.75) is 0 Å². The van der Waals surface area contributed by atoms with E-state index in [0.717, 1.165) is 9.86 Å². The second kappa shape index (κ2) is 3.24. The van der Waals surface area contributed by atoms with Gasteiger partial charge in [-0.05, 0) is 18.2 Å². The molecule has 1 heterocycles. The summed E-state index contributed by atoms with van der Waals surface area (Å²) in [6.45, 7) is 0. The lowest BCUT2D eigenvalue weighted by atomic mass is 10.2. The second-order valence-corrected chi connectivity index (χ2v) is 3.84. The highest BCUT2D eigenvalue weighted by Crippen LogP contribution is 2.26. The van der Waals surface area contributed by atoms with Crippen LogP contribution in [0.2, 0.25) is 5.02 Å². The van der Waals surface area contributed by atoms with E-state index in [9.17, 15) is 4.39 Å². The number of fused-ring (bicyclic) bond motifs is 1. The Morgan fingerprint density at radius 1 is 1.38 bits per heavy atom. The molecule has 2 aromatic rings. The van der Waals surface area contributed by atoms with Crippen LogP contribution < -0.4 is 0 Å². The number of benzene rings is 1. The zero-order valence-corrected chi connectivity index (χ0v) is 8.73. The minimum atomic E-state index is -0.428. The molecule has 0 aliphatic heterocycles. The third-order valence-electron chi connectivity index (χ3n) is 1.73. The van der Waals surface area contributed by atoms with Gasteiger partial charge in [-0.15, -0.1) is 0 Å². The molecule has 0 spiro atoms. The standard InChI is InChI=1S/C9H4BrClFN/c10-6-1-2-13-9-4-7(11)8(12)3-5(6)9/h1-4H. The zero-order chi connectivity index (χ0) is 9.42. The molecule has 0 aliphatic carbocycles. The molecule has 4 heteroatoms. The van der Waals surface area contributed by atoms with Crippen LogP contribution in [0.15, 0.2) is 28.9 Å². The molecule has 0 fully saturated rings. The first-order valence-corrected chi connectivity index (χ1v) is 4.75. The molecule has 13 heavy (non-hydrogen) atoms. The first-order valence-electron chi connectivity index (χ1n) is 3.58. The van der Waals surface area contributed by atoms with Crippen LogP contribution in [0.5, 0.6) is 0 Å². The van der Waals surface area contributed by atoms with Gasteiger partial charge in [-0.25, -0.2) is 4.39 Å². The molecule has 66 valence electrons. The zero-order valence-electron chi connectivity index (χ0n) is 6.39. The highest BCUT2D eigenvalue weighted by atomic mass is 79.9. The van der Waals surface area contributed by atoms with Crippen LogP contribution in [-0.4, -0.2) is 4.98 Å². The quantitative estimate of drug-likeness (QED) is 0.702. The van der Waals surface area contributed by atoms with Crippen LogP contribution in [-0.2, 0) is 0 Å². The first kappa shape index (κ1) is 8.91. The minimum Gasteiger partial charge on any atom is -0.256 e. The average molecular weight is 260 g/mol. The van der Waals surface area contributed by atoms with Gasteiger partial charge in [-0.3, -0.25) is 4.98 Å². The molecule has 1 aromatic heterocycles. The molecule has 0 unspecified atom stereocenters. The van der Waals surface area contributed by atoms with Gasteiger partial charge in [0.2, 0.25) is 0 Å². The molecule has 0 saturated carbocycles. The van der Waals surface area contributed by atoms with E-state index < -0.39 is 5.82 Å². The summed E-state index contributed by atoms with van der Waals surface area (Å²) in [5.74, 6) is -0.428. The lowest BCUT2D eigenvalue weighted by Crippen LogP contribution is -1.83. The van der Waals surface area contributed by atoms with Gasteiger partial charge in [0.25, 0.3) is 0 Å². The summed E-state index contributed by atoms with van der Waals surface area (Å²) in [6.07, 6.45) is 1.64. The lowest BCUT2D eigenvalue weighted by molar-refractivity contribution is 0.630. The van der Waals surface area contributed by atoms with E-state index in [4.69, 9.17) is 11.6 Å². The number of halogens is 3. The third-order valence-corrected chi connectivity index (χ3v) is 2.71. The molecule has 0 atom stereocenters. The Balaban J connectivity index is 2.89. The van der Waals surface area contributed by atoms with Gasteiger partial charge in [-0.2, -0.15) is 0 Å². The highest BCUT2D eigenvalue weighted by Gasteiger charge is 2.04. The van der Waals surface area contributed by atoms with Gasteiger partial charge in [0, 0.05) is 16.1 Å². The largest absolute Gasteiger partial charge is 0.256 e. The van der Waals surface area contributed by atoms with E-state index in [0.29, 0.717) is 5.52 Å². The molecular formula is C9H4BrClFN. The van der Waals surface area contributed by atoms with E-state index in [1.54, 1.807) is 12.3 Å². The number of nitrogens with zero attached hydrogens (tertiary/aromatic N) is 1. The summed E-state index contributed by atoms with van der Waals surface area (Å²) in [7, 11) is 0. The fourth-order valence-corrected chi connectivity index (χ4v) is 1.70. The van der Waals surface area contributed by atoms with Crippen molar-refractivity contribution >= 4 is 38.4 Å². The fourth-order valence-electron chi connectivity index (χ4n) is 1.11. The summed E-state index contributed by atoms with van der Waals surface area (Å²) in [4.78, 5) is 4.06. The van der Waals surface area contributed by atoms with Crippen LogP contribution in [0.4, 0.5) is 4.39 Å². The normalized spacial score (nSPS) is 10.7. The Kier molecular flexibility index (Phi) is 2.22. The molecule has 2 rings (SSSR count). The minimum absolute atomic E-state index is 0.0955. The highest BCUT2D eigenvalue weighted by molar-refractivity contribution is 9.10. The molecule has 0 aliphatic rings. The first-order chi connectivity index (χ1) is 6.18. The maximum atomic E-state index is 13.0. The monoisotopic (exact) mass is 259 g/mol. The number of rotatable bonds is 0. The fraction of sp³-hybridized carbons (Fsp3) is 0. The summed E-state index contributed by atoms with van der Waals surface area (Å²) in [5.41, 5.74) is 0.681. The van der Waals surface area contributed by atoms with E-state index in [1.165, 1.54) is 12.1 Å². The Hall–Kier alpha value is -0.670. The molecule has 1 aromatic carbocycles. The van der Waals surface area contributed by atoms with Crippen molar-refractivity contribution in [1.82, 2.24) is 4.98 Å². The summed E-state index contributed by atoms with van der Waals surface area (Å²) >= 11 is 8.92. The SMILES string of the molecule is Fc1cc2c(Br)ccnc2cc1Cl. The summed E-state index contributed by atoms with van der Waals surface area (Å²) in [5, 5.41) is 0.822. The molecule has 0 radical (unpaired) electrons. The van der Waals surface area contributed by atoms with E-state index in [-0.39, 0.29) is 5.02 Å². The molecule has 0 amide bonds. The Morgan fingerprint density at radius 2 is 2.15 bits per heavy atom. The van der Waals surface area contributed by atoms with Crippen molar-refractivity contribution in [3.8, 4) is 0 Å². The van der Waals surface area contributed by atoms with Gasteiger partial charge in [0.05, 0.1) is 10.5 Å². The molecule has 0 bridgehead atoms. The number of aromatic nitrogens is 1. The van der Waals surface area contributed by atoms with Gasteiger partial charge in [0.15, 0.2) is 0 Å². The Labute approximate surface area is 87.7 Å². The van der Waals surface area contributed by atoms with Crippen molar-refractivity contribution in [2.75, 3.05) is 0 Å². The van der Waals surface area contributed by atoms with E-state index >= 15 is 0 Å². The summed E-state index contributed by atoms with van der Waals surface area (Å²) < 4.78 is 13.9. The van der Waals surface area contributed by atoms with E-state index in [1.807, 2.05) is 0 Å². The second-order valence-electron chi connectivity index (χ2n) is 2.58. The number of pyridine rings is 1. The lowest BCUT2D eigenvalue weighted by Gasteiger charge is -2.00. The third kappa shape index (κ3) is 1.54. The average Bonchev–Trinajstić information content (AvgIpc) is 2.09. The van der Waals surface area contributed by atoms with Crippen LogP contribution >= 0.6 is 27.5 Å². The van der Waals surface area contributed by atoms with Gasteiger partial charge >= 0.3 is 0 Å². The predicted octanol–water partition coefficient (Wildman–Crippen LogP) is 3.79. The van der Waals surface area contributed by atoms with E-state index in [2.05, 4.69) is 20.9 Å². The molecule has 1 nitrogen and oxygen atoms in total. The van der Waals surface area contributed by atoms with Crippen molar-refractivity contribution in [3.05, 3.63) is 39.7 Å². The molecule has 0 N–H and O–H groups in total. The molecule has 0 saturated heterocycles. The Morgan fingerprint density at radius 3 is 2.92 bits per heavy atom.